The second-order valence-corrected chi connectivity index (χ2v) is 17.1. The number of nitrogens with one attached hydrogen (secondary N) is 1. The summed E-state index contributed by atoms with van der Waals surface area (Å²) in [7, 11) is -21.3. The van der Waals surface area contributed by atoms with Crippen LogP contribution in [0.1, 0.15) is 0 Å². The number of benzene rings is 2. The van der Waals surface area contributed by atoms with Gasteiger partial charge in [-0.15, -0.1) is 0 Å². The van der Waals surface area contributed by atoms with E-state index in [-0.39, 0.29) is 19.5 Å². The van der Waals surface area contributed by atoms with Crippen LogP contribution in [0.4, 0.5) is 50.4 Å². The molecule has 348 valence electrons. The minimum absolute atomic E-state index is 0. The molecule has 0 unspecified atom stereocenters. The van der Waals surface area contributed by atoms with Crippen LogP contribution in [0, 0.1) is 0 Å². The Morgan fingerprint density at radius 2 is 0.788 bits per heavy atom. The van der Waals surface area contributed by atoms with Gasteiger partial charge in [-0.1, -0.05) is 24.3 Å². The number of aromatic nitrogens is 8. The van der Waals surface area contributed by atoms with Crippen molar-refractivity contribution in [3.63, 3.8) is 0 Å². The van der Waals surface area contributed by atoms with E-state index >= 15 is 0 Å². The number of hydrogen-bond donors (Lipinski definition) is 1. The number of ether oxygens (including phenoxy) is 2. The van der Waals surface area contributed by atoms with E-state index in [1.165, 1.54) is 0 Å². The van der Waals surface area contributed by atoms with E-state index in [9.17, 15) is 50.4 Å². The van der Waals surface area contributed by atoms with E-state index in [0.29, 0.717) is 13.2 Å². The average molecular weight is 1060 g/mol. The van der Waals surface area contributed by atoms with Crippen LogP contribution in [-0.4, -0.2) is 53.1 Å². The number of aromatic amines is 1. The summed E-state index contributed by atoms with van der Waals surface area (Å²) >= 11 is 0. The molecular formula is C41H30F12N8O2P2Ru. The maximum absolute atomic E-state index is 10.7. The molecule has 0 saturated carbocycles. The topological polar surface area (TPSA) is 124 Å². The summed E-state index contributed by atoms with van der Waals surface area (Å²) in [6, 6.07) is 37.0. The van der Waals surface area contributed by atoms with Gasteiger partial charge in [-0.3, -0.25) is 29.9 Å². The summed E-state index contributed by atoms with van der Waals surface area (Å²) in [5.41, 5.74) is 8.20. The molecule has 10 rings (SSSR count). The Hall–Kier alpha value is -6.43. The van der Waals surface area contributed by atoms with Crippen molar-refractivity contribution in [3.8, 4) is 45.7 Å². The fourth-order valence-electron chi connectivity index (χ4n) is 5.73. The molecule has 0 radical (unpaired) electrons. The van der Waals surface area contributed by atoms with Crippen molar-refractivity contribution in [2.45, 2.75) is 0 Å². The van der Waals surface area contributed by atoms with Crippen LogP contribution < -0.4 is 9.47 Å². The molecule has 0 amide bonds. The molecule has 9 aromatic rings. The standard InChI is InChI=1S/C21H14N4O2.2C10H8N2.2F6P.Ru/c1-3-13-17(22-7-1)18-14(4-2-8-23-18)20-19(13)24-21(25-20)12-5-6-15-16(11-12)27-10-9-26-15;2*1-3-7-11-9(5-1)10-6-2-4-8-12-10;2*1-7(2,3,4,5)6;/h1-8,11H,9-10H2,(H,24,25);2*1-8H;;;/q;;;2*-1;+2. The maximum Gasteiger partial charge on any atom is 2.00 e. The molecule has 66 heavy (non-hydrogen) atoms. The maximum atomic E-state index is 9.87. The molecule has 0 fully saturated rings. The molecule has 0 aliphatic carbocycles. The summed E-state index contributed by atoms with van der Waals surface area (Å²) in [6.07, 6.45) is 10.7. The zero-order valence-corrected chi connectivity index (χ0v) is 36.6. The van der Waals surface area contributed by atoms with Crippen molar-refractivity contribution in [2.75, 3.05) is 13.2 Å². The smallest absolute Gasteiger partial charge is 0.486 e. The van der Waals surface area contributed by atoms with Crippen LogP contribution in [0.5, 0.6) is 11.5 Å². The first-order valence-electron chi connectivity index (χ1n) is 18.4. The first-order valence-corrected chi connectivity index (χ1v) is 22.5. The van der Waals surface area contributed by atoms with Crippen molar-refractivity contribution < 1.29 is 79.3 Å². The van der Waals surface area contributed by atoms with Crippen molar-refractivity contribution in [1.29, 1.82) is 0 Å². The number of hydrogen-bond acceptors (Lipinski definition) is 9. The van der Waals surface area contributed by atoms with Gasteiger partial charge in [-0.25, -0.2) is 4.98 Å². The monoisotopic (exact) mass is 1060 g/mol. The molecule has 25 heteroatoms. The quantitative estimate of drug-likeness (QED) is 0.0797. The van der Waals surface area contributed by atoms with Crippen molar-refractivity contribution in [1.82, 2.24) is 39.9 Å². The molecular weight excluding hydrogens is 1030 g/mol. The predicted octanol–water partition coefficient (Wildman–Crippen LogP) is 15.1. The van der Waals surface area contributed by atoms with Crippen LogP contribution in [-0.2, 0) is 19.5 Å². The van der Waals surface area contributed by atoms with E-state index in [1.54, 1.807) is 37.2 Å². The first-order chi connectivity index (χ1) is 30.2. The third-order valence-corrected chi connectivity index (χ3v) is 8.07. The van der Waals surface area contributed by atoms with Crippen LogP contribution in [0.25, 0.3) is 67.0 Å². The van der Waals surface area contributed by atoms with E-state index in [0.717, 1.165) is 78.5 Å². The first kappa shape index (κ1) is 50.6. The van der Waals surface area contributed by atoms with Crippen LogP contribution in [0.15, 0.2) is 152 Å². The number of pyridine rings is 6. The molecule has 1 N–H and O–H groups in total. The minimum atomic E-state index is -10.7. The fourth-order valence-corrected chi connectivity index (χ4v) is 5.73. The van der Waals surface area contributed by atoms with Crippen molar-refractivity contribution >= 4 is 48.5 Å². The van der Waals surface area contributed by atoms with E-state index in [4.69, 9.17) is 14.5 Å². The average Bonchev–Trinajstić information content (AvgIpc) is 3.72. The molecule has 1 aliphatic heterocycles. The second-order valence-electron chi connectivity index (χ2n) is 13.2. The molecule has 0 bridgehead atoms. The number of imidazole rings is 1. The summed E-state index contributed by atoms with van der Waals surface area (Å²) in [4.78, 5) is 34.2. The summed E-state index contributed by atoms with van der Waals surface area (Å²) in [5, 5.41) is 1.99. The van der Waals surface area contributed by atoms with Gasteiger partial charge in [-0.2, -0.15) is 0 Å². The second kappa shape index (κ2) is 18.5. The molecule has 1 aliphatic rings. The Morgan fingerprint density at radius 1 is 0.409 bits per heavy atom. The number of rotatable bonds is 3. The van der Waals surface area contributed by atoms with Gasteiger partial charge in [0.1, 0.15) is 19.0 Å². The van der Waals surface area contributed by atoms with Gasteiger partial charge in [0.15, 0.2) is 11.5 Å². The van der Waals surface area contributed by atoms with Gasteiger partial charge in [0.2, 0.25) is 0 Å². The van der Waals surface area contributed by atoms with Crippen LogP contribution >= 0.6 is 15.6 Å². The van der Waals surface area contributed by atoms with E-state index in [2.05, 4.69) is 34.9 Å². The van der Waals surface area contributed by atoms with E-state index in [1.807, 2.05) is 115 Å². The summed E-state index contributed by atoms with van der Waals surface area (Å²) < 4.78 is 130. The van der Waals surface area contributed by atoms with E-state index < -0.39 is 15.6 Å². The molecule has 0 atom stereocenters. The number of nitrogens with zero attached hydrogens (tertiary/aromatic N) is 7. The Balaban J connectivity index is 0.000000176. The normalized spacial score (nSPS) is 13.9. The third-order valence-electron chi connectivity index (χ3n) is 8.07. The minimum Gasteiger partial charge on any atom is -0.486 e. The molecule has 0 spiro atoms. The van der Waals surface area contributed by atoms with Crippen LogP contribution in [0.2, 0.25) is 0 Å². The van der Waals surface area contributed by atoms with Gasteiger partial charge < -0.3 is 14.5 Å². The van der Waals surface area contributed by atoms with Gasteiger partial charge in [0, 0.05) is 53.5 Å². The Labute approximate surface area is 377 Å². The predicted molar refractivity (Wildman–Crippen MR) is 225 cm³/mol. The van der Waals surface area contributed by atoms with Crippen LogP contribution in [0.3, 0.4) is 0 Å². The molecule has 2 aromatic carbocycles. The van der Waals surface area contributed by atoms with Crippen molar-refractivity contribution in [3.05, 3.63) is 152 Å². The van der Waals surface area contributed by atoms with Gasteiger partial charge >= 0.3 is 85.5 Å². The number of fused-ring (bicyclic) bond motifs is 7. The fraction of sp³-hybridized carbons (Fsp3) is 0.0488. The van der Waals surface area contributed by atoms with Crippen molar-refractivity contribution in [2.24, 2.45) is 0 Å². The molecule has 10 nitrogen and oxygen atoms in total. The molecule has 0 saturated heterocycles. The Morgan fingerprint density at radius 3 is 1.20 bits per heavy atom. The SMILES string of the molecule is F[P-](F)(F)(F)(F)F.F[P-](F)(F)(F)(F)F.[Ru+2].c1ccc(-c2ccccn2)nc1.c1ccc(-c2ccccn2)nc1.c1cnc2c(c1)c1nc(-c3ccc4c(c3)OCCO4)[nH]c1c1cccnc12. The number of H-pyrrole nitrogens is 1. The molecule has 8 heterocycles. The Bertz CT molecular complexity index is 2770. The summed E-state index contributed by atoms with van der Waals surface area (Å²) in [5.74, 6) is 2.30. The molecule has 7 aromatic heterocycles. The zero-order valence-electron chi connectivity index (χ0n) is 33.1. The van der Waals surface area contributed by atoms with Gasteiger partial charge in [0.25, 0.3) is 0 Å². The largest absolute Gasteiger partial charge is 2.00 e. The number of halogens is 12. The summed E-state index contributed by atoms with van der Waals surface area (Å²) in [6.45, 7) is 1.14. The van der Waals surface area contributed by atoms with Gasteiger partial charge in [-0.05, 0) is 91.0 Å². The zero-order chi connectivity index (χ0) is 47.1. The third kappa shape index (κ3) is 17.2. The van der Waals surface area contributed by atoms with Gasteiger partial charge in [0.05, 0.1) is 44.8 Å². The Kier molecular flexibility index (Phi) is 14.1.